The number of ether oxygens (including phenoxy) is 1. The van der Waals surface area contributed by atoms with Gasteiger partial charge in [-0.15, -0.1) is 0 Å². The Morgan fingerprint density at radius 1 is 1.18 bits per heavy atom. The third kappa shape index (κ3) is 2.77. The molecule has 22 heavy (non-hydrogen) atoms. The fourth-order valence-electron chi connectivity index (χ4n) is 3.77. The molecule has 6 heteroatoms. The van der Waals surface area contributed by atoms with Crippen molar-refractivity contribution in [1.82, 2.24) is 10.2 Å². The van der Waals surface area contributed by atoms with Crippen molar-refractivity contribution in [2.45, 2.75) is 51.0 Å². The van der Waals surface area contributed by atoms with E-state index < -0.39 is 23.9 Å². The van der Waals surface area contributed by atoms with E-state index in [0.29, 0.717) is 6.04 Å². The molecule has 2 saturated heterocycles. The van der Waals surface area contributed by atoms with Crippen LogP contribution in [-0.2, 0) is 14.3 Å². The van der Waals surface area contributed by atoms with Gasteiger partial charge in [0.15, 0.2) is 0 Å². The van der Waals surface area contributed by atoms with Gasteiger partial charge in [0.25, 0.3) is 0 Å². The third-order valence-electron chi connectivity index (χ3n) is 5.09. The van der Waals surface area contributed by atoms with Crippen LogP contribution in [0.1, 0.15) is 26.7 Å². The predicted molar refractivity (Wildman–Crippen MR) is 80.3 cm³/mol. The first-order chi connectivity index (χ1) is 10.5. The second kappa shape index (κ2) is 6.01. The van der Waals surface area contributed by atoms with E-state index in [2.05, 4.69) is 24.1 Å². The summed E-state index contributed by atoms with van der Waals surface area (Å²) in [4.78, 5) is 26.3. The van der Waals surface area contributed by atoms with Crippen LogP contribution in [0.5, 0.6) is 0 Å². The first-order valence-electron chi connectivity index (χ1n) is 8.08. The lowest BCUT2D eigenvalue weighted by molar-refractivity contribution is -0.146. The topological polar surface area (TPSA) is 78.9 Å². The van der Waals surface area contributed by atoms with E-state index in [1.807, 2.05) is 6.08 Å². The van der Waals surface area contributed by atoms with Crippen LogP contribution in [0, 0.1) is 11.8 Å². The van der Waals surface area contributed by atoms with Crippen molar-refractivity contribution < 1.29 is 19.4 Å². The number of nitrogens with one attached hydrogen (secondary N) is 1. The molecule has 0 aromatic heterocycles. The molecule has 3 aliphatic rings. The summed E-state index contributed by atoms with van der Waals surface area (Å²) in [6.07, 6.45) is 4.56. The highest BCUT2D eigenvalue weighted by Crippen LogP contribution is 2.39. The van der Waals surface area contributed by atoms with Crippen LogP contribution in [0.3, 0.4) is 0 Å². The van der Waals surface area contributed by atoms with Crippen molar-refractivity contribution >= 4 is 11.9 Å². The van der Waals surface area contributed by atoms with E-state index in [1.165, 1.54) is 0 Å². The van der Waals surface area contributed by atoms with Gasteiger partial charge in [-0.05, 0) is 26.7 Å². The van der Waals surface area contributed by atoms with Crippen molar-refractivity contribution in [1.29, 1.82) is 0 Å². The molecule has 0 aromatic carbocycles. The van der Waals surface area contributed by atoms with Crippen LogP contribution in [0.25, 0.3) is 0 Å². The molecule has 0 radical (unpaired) electrons. The number of carboxylic acids is 1. The van der Waals surface area contributed by atoms with E-state index in [4.69, 9.17) is 4.74 Å². The summed E-state index contributed by atoms with van der Waals surface area (Å²) in [5.41, 5.74) is 0. The lowest BCUT2D eigenvalue weighted by atomic mass is 9.82. The summed E-state index contributed by atoms with van der Waals surface area (Å²) < 4.78 is 5.56. The Morgan fingerprint density at radius 3 is 2.32 bits per heavy atom. The number of carboxylic acid groups (broad SMARTS) is 1. The Bertz CT molecular complexity index is 483. The highest BCUT2D eigenvalue weighted by Gasteiger charge is 2.53. The van der Waals surface area contributed by atoms with E-state index >= 15 is 0 Å². The molecule has 2 N–H and O–H groups in total. The van der Waals surface area contributed by atoms with E-state index in [9.17, 15) is 14.7 Å². The summed E-state index contributed by atoms with van der Waals surface area (Å²) in [6, 6.07) is 0.664. The van der Waals surface area contributed by atoms with Gasteiger partial charge in [-0.2, -0.15) is 0 Å². The van der Waals surface area contributed by atoms with Crippen molar-refractivity contribution in [3.05, 3.63) is 12.2 Å². The van der Waals surface area contributed by atoms with E-state index in [0.717, 1.165) is 25.9 Å². The molecule has 0 aromatic rings. The van der Waals surface area contributed by atoms with Gasteiger partial charge in [0.2, 0.25) is 5.91 Å². The van der Waals surface area contributed by atoms with Crippen molar-refractivity contribution in [3.63, 3.8) is 0 Å². The van der Waals surface area contributed by atoms with Gasteiger partial charge < -0.3 is 20.1 Å². The molecule has 0 unspecified atom stereocenters. The van der Waals surface area contributed by atoms with Gasteiger partial charge in [0, 0.05) is 25.2 Å². The van der Waals surface area contributed by atoms with Crippen LogP contribution >= 0.6 is 0 Å². The number of amides is 1. The second-order valence-electron chi connectivity index (χ2n) is 6.75. The van der Waals surface area contributed by atoms with Crippen LogP contribution < -0.4 is 5.32 Å². The normalized spacial score (nSPS) is 35.2. The lowest BCUT2D eigenvalue weighted by Crippen LogP contribution is -2.50. The average Bonchev–Trinajstić information content (AvgIpc) is 3.08. The number of likely N-dealkylation sites (tertiary alicyclic amines) is 1. The quantitative estimate of drug-likeness (QED) is 0.745. The minimum atomic E-state index is -0.952. The minimum absolute atomic E-state index is 0.139. The number of rotatable bonds is 4. The van der Waals surface area contributed by atoms with Crippen LogP contribution in [-0.4, -0.2) is 59.3 Å². The summed E-state index contributed by atoms with van der Waals surface area (Å²) >= 11 is 0. The zero-order valence-electron chi connectivity index (χ0n) is 13.1. The Kier molecular flexibility index (Phi) is 4.23. The molecule has 3 rings (SSSR count). The standard InChI is InChI=1S/C16H24N2O4/c1-9(2)18-7-5-10(6-8-18)17-15(19)13-11-3-4-12(22-11)14(13)16(20)21/h3-4,9-14H,5-8H2,1-2H3,(H,17,19)(H,20,21)/t11-,12-,13+,14-/m0/s1. The number of carbonyl (C=O) groups is 2. The molecule has 122 valence electrons. The Labute approximate surface area is 130 Å². The zero-order chi connectivity index (χ0) is 15.9. The summed E-state index contributed by atoms with van der Waals surface area (Å²) in [7, 11) is 0. The molecule has 2 bridgehead atoms. The molecule has 3 aliphatic heterocycles. The second-order valence-corrected chi connectivity index (χ2v) is 6.75. The molecule has 1 amide bonds. The average molecular weight is 308 g/mol. The maximum absolute atomic E-state index is 12.5. The van der Waals surface area contributed by atoms with Gasteiger partial charge in [-0.25, -0.2) is 0 Å². The number of fused-ring (bicyclic) bond motifs is 2. The van der Waals surface area contributed by atoms with Crippen LogP contribution in [0.4, 0.5) is 0 Å². The van der Waals surface area contributed by atoms with Gasteiger partial charge in [-0.3, -0.25) is 9.59 Å². The SMILES string of the molecule is CC(C)N1CCC(NC(=O)[C@H]2[C@@H](C(=O)O)[C@@H]3C=C[C@@H]2O3)CC1. The van der Waals surface area contributed by atoms with Crippen LogP contribution in [0.2, 0.25) is 0 Å². The molecule has 4 atom stereocenters. The van der Waals surface area contributed by atoms with Gasteiger partial charge in [0.05, 0.1) is 18.1 Å². The van der Waals surface area contributed by atoms with Gasteiger partial charge in [0.1, 0.15) is 5.92 Å². The number of hydrogen-bond donors (Lipinski definition) is 2. The van der Waals surface area contributed by atoms with E-state index in [1.54, 1.807) is 6.08 Å². The molecular weight excluding hydrogens is 284 g/mol. The molecule has 6 nitrogen and oxygen atoms in total. The number of aliphatic carboxylic acids is 1. The Morgan fingerprint density at radius 2 is 1.77 bits per heavy atom. The summed E-state index contributed by atoms with van der Waals surface area (Å²) in [5.74, 6) is -2.49. The van der Waals surface area contributed by atoms with Crippen molar-refractivity contribution in [3.8, 4) is 0 Å². The van der Waals surface area contributed by atoms with Gasteiger partial charge in [-0.1, -0.05) is 12.2 Å². The third-order valence-corrected chi connectivity index (χ3v) is 5.09. The number of piperidine rings is 1. The molecular formula is C16H24N2O4. The molecule has 3 heterocycles. The minimum Gasteiger partial charge on any atom is -0.481 e. The summed E-state index contributed by atoms with van der Waals surface area (Å²) in [5, 5.41) is 12.4. The van der Waals surface area contributed by atoms with Crippen molar-refractivity contribution in [2.75, 3.05) is 13.1 Å². The van der Waals surface area contributed by atoms with Crippen molar-refractivity contribution in [2.24, 2.45) is 11.8 Å². The van der Waals surface area contributed by atoms with Crippen LogP contribution in [0.15, 0.2) is 12.2 Å². The fraction of sp³-hybridized carbons (Fsp3) is 0.750. The highest BCUT2D eigenvalue weighted by atomic mass is 16.5. The van der Waals surface area contributed by atoms with Gasteiger partial charge >= 0.3 is 5.97 Å². The molecule has 2 fully saturated rings. The first-order valence-corrected chi connectivity index (χ1v) is 8.08. The monoisotopic (exact) mass is 308 g/mol. The fourth-order valence-corrected chi connectivity index (χ4v) is 3.77. The summed E-state index contributed by atoms with van der Waals surface area (Å²) in [6.45, 7) is 6.29. The smallest absolute Gasteiger partial charge is 0.310 e. The largest absolute Gasteiger partial charge is 0.481 e. The Balaban J connectivity index is 1.58. The number of carbonyl (C=O) groups excluding carboxylic acids is 1. The molecule has 0 spiro atoms. The molecule has 0 saturated carbocycles. The molecule has 0 aliphatic carbocycles. The lowest BCUT2D eigenvalue weighted by Gasteiger charge is -2.35. The highest BCUT2D eigenvalue weighted by molar-refractivity contribution is 5.87. The first kappa shape index (κ1) is 15.5. The Hall–Kier alpha value is -1.40. The predicted octanol–water partition coefficient (Wildman–Crippen LogP) is 0.630. The number of hydrogen-bond acceptors (Lipinski definition) is 4. The maximum atomic E-state index is 12.5. The zero-order valence-corrected chi connectivity index (χ0v) is 13.1. The number of nitrogens with zero attached hydrogens (tertiary/aromatic N) is 1. The maximum Gasteiger partial charge on any atom is 0.310 e. The van der Waals surface area contributed by atoms with E-state index in [-0.39, 0.29) is 18.1 Å².